The van der Waals surface area contributed by atoms with Crippen LogP contribution in [-0.4, -0.2) is 60.4 Å². The van der Waals surface area contributed by atoms with Crippen LogP contribution in [0, 0.1) is 5.82 Å². The van der Waals surface area contributed by atoms with Crippen LogP contribution in [0.25, 0.3) is 0 Å². The number of carbonyl (C=O) groups is 2. The van der Waals surface area contributed by atoms with E-state index in [0.717, 1.165) is 6.20 Å². The summed E-state index contributed by atoms with van der Waals surface area (Å²) in [5.74, 6) is -1.94. The van der Waals surface area contributed by atoms with Crippen LogP contribution in [0.1, 0.15) is 82.7 Å². The summed E-state index contributed by atoms with van der Waals surface area (Å²) in [6, 6.07) is 4.98. The number of hydrogen-bond donors (Lipinski definition) is 0. The second-order valence-electron chi connectivity index (χ2n) is 12.0. The van der Waals surface area contributed by atoms with Crippen LogP contribution in [-0.2, 0) is 31.2 Å². The zero-order chi connectivity index (χ0) is 31.1. The summed E-state index contributed by atoms with van der Waals surface area (Å²) in [7, 11) is -3.08. The molecule has 42 heavy (non-hydrogen) atoms. The highest BCUT2D eigenvalue weighted by Gasteiger charge is 2.57. The molecule has 2 aromatic heterocycles. The van der Waals surface area contributed by atoms with E-state index in [1.54, 1.807) is 41.5 Å². The number of esters is 1. The van der Waals surface area contributed by atoms with Gasteiger partial charge in [0.2, 0.25) is 0 Å². The first-order chi connectivity index (χ1) is 19.5. The molecule has 3 atom stereocenters. The quantitative estimate of drug-likeness (QED) is 0.289. The van der Waals surface area contributed by atoms with Crippen molar-refractivity contribution < 1.29 is 36.4 Å². The van der Waals surface area contributed by atoms with Crippen molar-refractivity contribution in [1.82, 2.24) is 9.97 Å². The van der Waals surface area contributed by atoms with E-state index >= 15 is 4.39 Å². The third kappa shape index (κ3) is 6.20. The maximum absolute atomic E-state index is 15.6. The number of aromatic nitrogens is 2. The fourth-order valence-electron chi connectivity index (χ4n) is 5.37. The van der Waals surface area contributed by atoms with Crippen molar-refractivity contribution in [2.24, 2.45) is 9.36 Å². The highest BCUT2D eigenvalue weighted by Crippen LogP contribution is 2.48. The number of rotatable bonds is 8. The number of pyridine rings is 2. The minimum Gasteiger partial charge on any atom is -0.460 e. The summed E-state index contributed by atoms with van der Waals surface area (Å²) in [6.45, 7) is 7.68. The van der Waals surface area contributed by atoms with Crippen molar-refractivity contribution in [3.63, 3.8) is 0 Å². The molecule has 0 bridgehead atoms. The zero-order valence-electron chi connectivity index (χ0n) is 24.4. The number of nitrogens with zero attached hydrogens (tertiary/aromatic N) is 4. The van der Waals surface area contributed by atoms with Crippen LogP contribution < -0.4 is 4.74 Å². The highest BCUT2D eigenvalue weighted by molar-refractivity contribution is 7.96. The number of fused-ring (bicyclic) bond motifs is 1. The van der Waals surface area contributed by atoms with E-state index < -0.39 is 55.0 Å². The number of ether oxygens (including phenoxy) is 2. The molecule has 0 radical (unpaired) electrons. The minimum absolute atomic E-state index is 0.0123. The fraction of sp³-hybridized carbons (Fsp3) is 0.552. The number of carbonyl (C=O) groups excluding carboxylic acids is 2. The van der Waals surface area contributed by atoms with E-state index in [4.69, 9.17) is 9.73 Å². The SMILES string of the molecule is CC(C)(C)OC(=O)CC1=N[C@](C)(c2nc(CC(=O)c3ccc(OC(F)F)cn3)ccc2F)[C@H]2CCCN=[S@]2(=O)C1(C)C. The molecule has 2 aromatic rings. The summed E-state index contributed by atoms with van der Waals surface area (Å²) in [5.41, 5.74) is -1.83. The Labute approximate surface area is 243 Å². The minimum atomic E-state index is -3.08. The molecule has 0 unspecified atom stereocenters. The molecule has 0 aliphatic carbocycles. The molecule has 13 heteroatoms. The molecule has 0 spiro atoms. The largest absolute Gasteiger partial charge is 0.460 e. The number of alkyl halides is 2. The van der Waals surface area contributed by atoms with E-state index in [9.17, 15) is 22.6 Å². The van der Waals surface area contributed by atoms with Gasteiger partial charge in [0.15, 0.2) is 5.78 Å². The molecule has 0 saturated heterocycles. The van der Waals surface area contributed by atoms with Crippen molar-refractivity contribution in [1.29, 1.82) is 0 Å². The molecule has 2 aliphatic rings. The average molecular weight is 609 g/mol. The first-order valence-corrected chi connectivity index (χ1v) is 15.2. The molecule has 0 fully saturated rings. The van der Waals surface area contributed by atoms with E-state index in [1.807, 2.05) is 0 Å². The molecule has 228 valence electrons. The predicted molar refractivity (Wildman–Crippen MR) is 151 cm³/mol. The normalized spacial score (nSPS) is 25.2. The van der Waals surface area contributed by atoms with Crippen LogP contribution in [0.3, 0.4) is 0 Å². The van der Waals surface area contributed by atoms with Crippen LogP contribution in [0.4, 0.5) is 13.2 Å². The van der Waals surface area contributed by atoms with Gasteiger partial charge in [-0.3, -0.25) is 19.6 Å². The van der Waals surface area contributed by atoms with Gasteiger partial charge in [0.25, 0.3) is 0 Å². The van der Waals surface area contributed by atoms with Gasteiger partial charge in [-0.05, 0) is 78.6 Å². The predicted octanol–water partition coefficient (Wildman–Crippen LogP) is 5.45. The van der Waals surface area contributed by atoms with E-state index in [0.29, 0.717) is 19.4 Å². The molecular weight excluding hydrogens is 573 g/mol. The van der Waals surface area contributed by atoms with Crippen molar-refractivity contribution in [2.75, 3.05) is 6.54 Å². The lowest BCUT2D eigenvalue weighted by Crippen LogP contribution is -2.59. The van der Waals surface area contributed by atoms with Crippen LogP contribution in [0.5, 0.6) is 5.75 Å². The van der Waals surface area contributed by atoms with Gasteiger partial charge in [-0.25, -0.2) is 17.9 Å². The van der Waals surface area contributed by atoms with Crippen molar-refractivity contribution in [2.45, 2.75) is 95.0 Å². The number of aliphatic imine (C=N–C) groups is 1. The van der Waals surface area contributed by atoms with Crippen molar-refractivity contribution in [3.05, 3.63) is 53.4 Å². The third-order valence-corrected chi connectivity index (χ3v) is 11.1. The van der Waals surface area contributed by atoms with Crippen molar-refractivity contribution >= 4 is 27.2 Å². The lowest BCUT2D eigenvalue weighted by atomic mass is 9.87. The Kier molecular flexibility index (Phi) is 8.56. The number of hydrogen-bond acceptors (Lipinski definition) is 9. The van der Waals surface area contributed by atoms with E-state index in [1.165, 1.54) is 24.3 Å². The van der Waals surface area contributed by atoms with Crippen LogP contribution >= 0.6 is 0 Å². The Morgan fingerprint density at radius 2 is 1.83 bits per heavy atom. The van der Waals surface area contributed by atoms with E-state index in [-0.39, 0.29) is 41.4 Å². The molecule has 0 N–H and O–H groups in total. The standard InChI is InChI=1S/C29H35F3N4O5S/c1-27(2,3)41-24(38)15-22-28(4,5)42(39)23(8-7-13-34-42)29(6,36-22)25-19(30)11-9-17(35-25)14-21(37)20-12-10-18(16-33-20)40-26(31)32/h9-12,16,23,26H,7-8,13-15H2,1-6H3/t23-,29+,42-/m1/s1. The Balaban J connectivity index is 1.74. The first kappa shape index (κ1) is 31.6. The zero-order valence-corrected chi connectivity index (χ0v) is 25.3. The highest BCUT2D eigenvalue weighted by atomic mass is 32.2. The number of ketones is 1. The fourth-order valence-corrected chi connectivity index (χ4v) is 8.71. The van der Waals surface area contributed by atoms with Crippen LogP contribution in [0.2, 0.25) is 0 Å². The Morgan fingerprint density at radius 3 is 2.45 bits per heavy atom. The second kappa shape index (κ2) is 11.4. The molecule has 2 aliphatic heterocycles. The van der Waals surface area contributed by atoms with Gasteiger partial charge in [-0.15, -0.1) is 0 Å². The summed E-state index contributed by atoms with van der Waals surface area (Å²) >= 11 is 0. The summed E-state index contributed by atoms with van der Waals surface area (Å²) in [6.07, 6.45) is 1.57. The maximum Gasteiger partial charge on any atom is 0.387 e. The lowest BCUT2D eigenvalue weighted by Gasteiger charge is -2.48. The third-order valence-electron chi connectivity index (χ3n) is 7.42. The van der Waals surface area contributed by atoms with Gasteiger partial charge >= 0.3 is 12.6 Å². The maximum atomic E-state index is 15.6. The van der Waals surface area contributed by atoms with Gasteiger partial charge in [0.05, 0.1) is 38.8 Å². The molecule has 0 saturated carbocycles. The molecule has 4 heterocycles. The molecule has 9 nitrogen and oxygen atoms in total. The summed E-state index contributed by atoms with van der Waals surface area (Å²) < 4.78 is 68.4. The smallest absolute Gasteiger partial charge is 0.387 e. The monoisotopic (exact) mass is 608 g/mol. The Hall–Kier alpha value is -3.35. The topological polar surface area (TPSA) is 120 Å². The first-order valence-electron chi connectivity index (χ1n) is 13.6. The number of Topliss-reactive ketones (excluding diaryl/α,β-unsaturated/α-hetero) is 1. The second-order valence-corrected chi connectivity index (χ2v) is 15.0. The molecule has 4 rings (SSSR count). The Bertz CT molecular complexity index is 1530. The molecular formula is C29H35F3N4O5S. The summed E-state index contributed by atoms with van der Waals surface area (Å²) in [4.78, 5) is 39.1. The van der Waals surface area contributed by atoms with Gasteiger partial charge < -0.3 is 9.47 Å². The van der Waals surface area contributed by atoms with Crippen LogP contribution in [0.15, 0.2) is 39.8 Å². The van der Waals surface area contributed by atoms with Gasteiger partial charge in [-0.1, -0.05) is 0 Å². The molecule has 0 aromatic carbocycles. The van der Waals surface area contributed by atoms with E-state index in [2.05, 4.69) is 19.1 Å². The summed E-state index contributed by atoms with van der Waals surface area (Å²) in [5, 5.41) is -0.701. The van der Waals surface area contributed by atoms with Gasteiger partial charge in [0, 0.05) is 18.0 Å². The van der Waals surface area contributed by atoms with Crippen molar-refractivity contribution in [3.8, 4) is 5.75 Å². The lowest BCUT2D eigenvalue weighted by molar-refractivity contribution is -0.153. The molecule has 0 amide bonds. The van der Waals surface area contributed by atoms with Gasteiger partial charge in [-0.2, -0.15) is 8.78 Å². The average Bonchev–Trinajstić information content (AvgIpc) is 2.87. The van der Waals surface area contributed by atoms with Gasteiger partial charge in [0.1, 0.15) is 34.1 Å². The Morgan fingerprint density at radius 1 is 1.12 bits per heavy atom. The number of halogens is 3.